The van der Waals surface area contributed by atoms with E-state index in [-0.39, 0.29) is 0 Å². The number of hydrogen-bond acceptors (Lipinski definition) is 5. The minimum atomic E-state index is -0.505. The standard InChI is InChI=1S/C20H20N2O4/c1-13-10-15(8-9-17(13)22-20(23)25-3)26-12-14-11-19(24-2)16-6-4-5-7-18(16)21-14/h4-11H,12H2,1-3H3,(H,22,23). The molecule has 0 aliphatic rings. The Hall–Kier alpha value is -3.28. The average Bonchev–Trinajstić information content (AvgIpc) is 2.67. The molecule has 0 spiro atoms. The Kier molecular flexibility index (Phi) is 5.22. The Balaban J connectivity index is 1.75. The number of carbonyl (C=O) groups is 1. The van der Waals surface area contributed by atoms with E-state index in [1.807, 2.05) is 43.3 Å². The molecule has 0 saturated carbocycles. The molecule has 26 heavy (non-hydrogen) atoms. The topological polar surface area (TPSA) is 69.7 Å². The maximum Gasteiger partial charge on any atom is 0.411 e. The number of nitrogens with one attached hydrogen (secondary N) is 1. The fourth-order valence-electron chi connectivity index (χ4n) is 2.62. The SMILES string of the molecule is COC(=O)Nc1ccc(OCc2cc(OC)c3ccccc3n2)cc1C. The number of nitrogens with zero attached hydrogens (tertiary/aromatic N) is 1. The first kappa shape index (κ1) is 17.5. The van der Waals surface area contributed by atoms with Gasteiger partial charge in [-0.1, -0.05) is 12.1 Å². The molecule has 1 aromatic heterocycles. The van der Waals surface area contributed by atoms with E-state index in [0.29, 0.717) is 18.0 Å². The van der Waals surface area contributed by atoms with Gasteiger partial charge < -0.3 is 14.2 Å². The van der Waals surface area contributed by atoms with Crippen LogP contribution in [0.15, 0.2) is 48.5 Å². The van der Waals surface area contributed by atoms with Crippen LogP contribution in [0.25, 0.3) is 10.9 Å². The van der Waals surface area contributed by atoms with Crippen molar-refractivity contribution in [3.05, 3.63) is 59.8 Å². The van der Waals surface area contributed by atoms with Crippen molar-refractivity contribution in [1.82, 2.24) is 4.98 Å². The van der Waals surface area contributed by atoms with Crippen LogP contribution in [0.1, 0.15) is 11.3 Å². The van der Waals surface area contributed by atoms with Crippen molar-refractivity contribution in [2.24, 2.45) is 0 Å². The Morgan fingerprint density at radius 3 is 2.65 bits per heavy atom. The fraction of sp³-hybridized carbons (Fsp3) is 0.200. The normalized spacial score (nSPS) is 10.4. The Morgan fingerprint density at radius 1 is 1.12 bits per heavy atom. The molecule has 0 atom stereocenters. The van der Waals surface area contributed by atoms with Crippen molar-refractivity contribution in [2.75, 3.05) is 19.5 Å². The zero-order valence-corrected chi connectivity index (χ0v) is 14.9. The van der Waals surface area contributed by atoms with Crippen LogP contribution in [-0.4, -0.2) is 25.3 Å². The summed E-state index contributed by atoms with van der Waals surface area (Å²) in [5.41, 5.74) is 3.18. The van der Waals surface area contributed by atoms with E-state index >= 15 is 0 Å². The molecule has 6 heteroatoms. The van der Waals surface area contributed by atoms with E-state index in [1.54, 1.807) is 19.2 Å². The predicted molar refractivity (Wildman–Crippen MR) is 99.8 cm³/mol. The highest BCUT2D eigenvalue weighted by atomic mass is 16.5. The van der Waals surface area contributed by atoms with Gasteiger partial charge in [-0.05, 0) is 42.8 Å². The maximum atomic E-state index is 11.3. The van der Waals surface area contributed by atoms with Crippen LogP contribution in [0.4, 0.5) is 10.5 Å². The summed E-state index contributed by atoms with van der Waals surface area (Å²) in [6, 6.07) is 15.1. The molecular formula is C20H20N2O4. The van der Waals surface area contributed by atoms with E-state index < -0.39 is 6.09 Å². The molecule has 134 valence electrons. The van der Waals surface area contributed by atoms with Crippen molar-refractivity contribution in [2.45, 2.75) is 13.5 Å². The molecule has 1 heterocycles. The summed E-state index contributed by atoms with van der Waals surface area (Å²) in [4.78, 5) is 15.9. The summed E-state index contributed by atoms with van der Waals surface area (Å²) in [6.45, 7) is 2.19. The highest BCUT2D eigenvalue weighted by Crippen LogP contribution is 2.26. The van der Waals surface area contributed by atoms with Gasteiger partial charge in [0.25, 0.3) is 0 Å². The van der Waals surface area contributed by atoms with Crippen molar-refractivity contribution >= 4 is 22.7 Å². The first-order chi connectivity index (χ1) is 12.6. The molecule has 3 aromatic rings. The molecule has 0 fully saturated rings. The second kappa shape index (κ2) is 7.74. The summed E-state index contributed by atoms with van der Waals surface area (Å²) >= 11 is 0. The predicted octanol–water partition coefficient (Wildman–Crippen LogP) is 4.31. The van der Waals surface area contributed by atoms with E-state index in [0.717, 1.165) is 27.9 Å². The van der Waals surface area contributed by atoms with Gasteiger partial charge in [-0.15, -0.1) is 0 Å². The lowest BCUT2D eigenvalue weighted by Crippen LogP contribution is -2.11. The lowest BCUT2D eigenvalue weighted by atomic mass is 10.2. The second-order valence-corrected chi connectivity index (χ2v) is 5.71. The van der Waals surface area contributed by atoms with Crippen molar-refractivity contribution < 1.29 is 19.0 Å². The van der Waals surface area contributed by atoms with Crippen LogP contribution in [0.5, 0.6) is 11.5 Å². The molecule has 2 aromatic carbocycles. The zero-order valence-electron chi connectivity index (χ0n) is 14.9. The van der Waals surface area contributed by atoms with Crippen LogP contribution in [0.2, 0.25) is 0 Å². The molecule has 6 nitrogen and oxygen atoms in total. The number of para-hydroxylation sites is 1. The minimum absolute atomic E-state index is 0.310. The van der Waals surface area contributed by atoms with Gasteiger partial charge in [0, 0.05) is 17.1 Å². The highest BCUT2D eigenvalue weighted by molar-refractivity contribution is 5.86. The Bertz CT molecular complexity index is 940. The average molecular weight is 352 g/mol. The lowest BCUT2D eigenvalue weighted by Gasteiger charge is -2.12. The lowest BCUT2D eigenvalue weighted by molar-refractivity contribution is 0.187. The molecule has 0 saturated heterocycles. The van der Waals surface area contributed by atoms with E-state index in [1.165, 1.54) is 7.11 Å². The zero-order chi connectivity index (χ0) is 18.5. The van der Waals surface area contributed by atoms with Crippen LogP contribution in [-0.2, 0) is 11.3 Å². The number of aryl methyl sites for hydroxylation is 1. The molecule has 0 bridgehead atoms. The number of benzene rings is 2. The maximum absolute atomic E-state index is 11.3. The minimum Gasteiger partial charge on any atom is -0.496 e. The molecule has 1 amide bonds. The summed E-state index contributed by atoms with van der Waals surface area (Å²) in [5.74, 6) is 1.45. The van der Waals surface area contributed by atoms with Gasteiger partial charge in [-0.3, -0.25) is 5.32 Å². The Morgan fingerprint density at radius 2 is 1.92 bits per heavy atom. The van der Waals surface area contributed by atoms with Crippen LogP contribution >= 0.6 is 0 Å². The quantitative estimate of drug-likeness (QED) is 0.741. The number of fused-ring (bicyclic) bond motifs is 1. The summed E-state index contributed by atoms with van der Waals surface area (Å²) in [6.07, 6.45) is -0.505. The molecule has 0 aliphatic carbocycles. The number of ether oxygens (including phenoxy) is 3. The molecule has 3 rings (SSSR count). The summed E-state index contributed by atoms with van der Waals surface area (Å²) in [7, 11) is 2.97. The number of carbonyl (C=O) groups excluding carboxylic acids is 1. The number of hydrogen-bond donors (Lipinski definition) is 1. The van der Waals surface area contributed by atoms with Crippen LogP contribution in [0, 0.1) is 6.92 Å². The largest absolute Gasteiger partial charge is 0.496 e. The molecule has 0 radical (unpaired) electrons. The van der Waals surface area contributed by atoms with E-state index in [2.05, 4.69) is 15.0 Å². The Labute approximate surface area is 151 Å². The van der Waals surface area contributed by atoms with Crippen molar-refractivity contribution in [3.8, 4) is 11.5 Å². The molecule has 0 aliphatic heterocycles. The van der Waals surface area contributed by atoms with Gasteiger partial charge in [0.1, 0.15) is 18.1 Å². The third kappa shape index (κ3) is 3.85. The van der Waals surface area contributed by atoms with Gasteiger partial charge in [0.2, 0.25) is 0 Å². The summed E-state index contributed by atoms with van der Waals surface area (Å²) in [5, 5.41) is 3.62. The number of pyridine rings is 1. The molecule has 0 unspecified atom stereocenters. The molecular weight excluding hydrogens is 332 g/mol. The van der Waals surface area contributed by atoms with Crippen molar-refractivity contribution in [1.29, 1.82) is 0 Å². The van der Waals surface area contributed by atoms with Crippen LogP contribution in [0.3, 0.4) is 0 Å². The number of amides is 1. The smallest absolute Gasteiger partial charge is 0.411 e. The van der Waals surface area contributed by atoms with Gasteiger partial charge in [-0.25, -0.2) is 9.78 Å². The monoisotopic (exact) mass is 352 g/mol. The second-order valence-electron chi connectivity index (χ2n) is 5.71. The third-order valence-electron chi connectivity index (χ3n) is 3.96. The fourth-order valence-corrected chi connectivity index (χ4v) is 2.62. The van der Waals surface area contributed by atoms with E-state index in [9.17, 15) is 4.79 Å². The first-order valence-corrected chi connectivity index (χ1v) is 8.12. The number of methoxy groups -OCH3 is 2. The highest BCUT2D eigenvalue weighted by Gasteiger charge is 2.08. The number of anilines is 1. The van der Waals surface area contributed by atoms with Gasteiger partial charge >= 0.3 is 6.09 Å². The third-order valence-corrected chi connectivity index (χ3v) is 3.96. The van der Waals surface area contributed by atoms with Gasteiger partial charge in [0.05, 0.1) is 25.4 Å². The van der Waals surface area contributed by atoms with Gasteiger partial charge in [0.15, 0.2) is 0 Å². The number of aromatic nitrogens is 1. The number of rotatable bonds is 5. The molecule has 1 N–H and O–H groups in total. The first-order valence-electron chi connectivity index (χ1n) is 8.12. The van der Waals surface area contributed by atoms with Gasteiger partial charge in [-0.2, -0.15) is 0 Å². The van der Waals surface area contributed by atoms with Crippen molar-refractivity contribution in [3.63, 3.8) is 0 Å². The van der Waals surface area contributed by atoms with E-state index in [4.69, 9.17) is 9.47 Å². The van der Waals surface area contributed by atoms with Crippen LogP contribution < -0.4 is 14.8 Å². The summed E-state index contributed by atoms with van der Waals surface area (Å²) < 4.78 is 15.9.